The molecule has 2 nitrogen and oxygen atoms in total. The molecule has 0 rings (SSSR count). The van der Waals surface area contributed by atoms with Crippen LogP contribution in [0.5, 0.6) is 0 Å². The maximum atomic E-state index is 10.1. The van der Waals surface area contributed by atoms with Crippen LogP contribution in [0.15, 0.2) is 0 Å². The first-order valence-corrected chi connectivity index (χ1v) is 5.97. The van der Waals surface area contributed by atoms with Crippen LogP contribution in [0, 0.1) is 0 Å². The molecular formula is C4H12AsO2P. The molecule has 50 valence electrons. The van der Waals surface area contributed by atoms with E-state index in [1.807, 2.05) is 0 Å². The summed E-state index contributed by atoms with van der Waals surface area (Å²) in [5.41, 5.74) is 0. The molecule has 0 aromatic carbocycles. The molecule has 0 saturated heterocycles. The second-order valence-electron chi connectivity index (χ2n) is 1.64. The van der Waals surface area contributed by atoms with Gasteiger partial charge in [-0.1, -0.05) is 0 Å². The Morgan fingerprint density at radius 2 is 2.12 bits per heavy atom. The van der Waals surface area contributed by atoms with E-state index in [1.165, 1.54) is 5.21 Å². The molecule has 1 N–H and O–H groups in total. The summed E-state index contributed by atoms with van der Waals surface area (Å²) < 4.78 is 10.1. The predicted molar refractivity (Wildman–Crippen MR) is 38.7 cm³/mol. The maximum absolute atomic E-state index is 10.1. The summed E-state index contributed by atoms with van der Waals surface area (Å²) in [6.45, 7) is 0. The van der Waals surface area contributed by atoms with Crippen molar-refractivity contribution in [3.8, 4) is 0 Å². The van der Waals surface area contributed by atoms with Gasteiger partial charge in [-0.25, -0.2) is 0 Å². The molecule has 8 heavy (non-hydrogen) atoms. The summed E-state index contributed by atoms with van der Waals surface area (Å²) in [6, 6.07) is 0. The van der Waals surface area contributed by atoms with E-state index in [1.54, 1.807) is 16.9 Å². The van der Waals surface area contributed by atoms with E-state index in [4.69, 9.17) is 4.89 Å². The first kappa shape index (κ1) is 8.75. The van der Waals surface area contributed by atoms with Gasteiger partial charge < -0.3 is 0 Å². The molecule has 0 saturated carbocycles. The first-order chi connectivity index (χ1) is 3.77. The van der Waals surface area contributed by atoms with E-state index in [0.717, 1.165) is 12.8 Å². The molecule has 0 heterocycles. The van der Waals surface area contributed by atoms with Gasteiger partial charge in [0, 0.05) is 0 Å². The van der Waals surface area contributed by atoms with Gasteiger partial charge in [-0.15, -0.1) is 0 Å². The van der Waals surface area contributed by atoms with Crippen molar-refractivity contribution in [2.24, 2.45) is 0 Å². The monoisotopic (exact) mass is 198 g/mol. The zero-order chi connectivity index (χ0) is 6.41. The van der Waals surface area contributed by atoms with E-state index < -0.39 is 8.03 Å². The summed E-state index contributed by atoms with van der Waals surface area (Å²) in [6.07, 6.45) is 2.55. The summed E-state index contributed by atoms with van der Waals surface area (Å²) in [5.74, 6) is 0. The zero-order valence-corrected chi connectivity index (χ0v) is 8.18. The average Bonchev–Trinajstić information content (AvgIpc) is 1.66. The third-order valence-corrected chi connectivity index (χ3v) is 2.48. The molecule has 0 amide bonds. The van der Waals surface area contributed by atoms with Crippen molar-refractivity contribution in [2.75, 3.05) is 6.16 Å². The molecule has 0 aromatic heterocycles. The van der Waals surface area contributed by atoms with Gasteiger partial charge in [-0.2, -0.15) is 0 Å². The van der Waals surface area contributed by atoms with Crippen LogP contribution < -0.4 is 0 Å². The molecule has 0 aliphatic carbocycles. The number of rotatable bonds is 4. The quantitative estimate of drug-likeness (QED) is 0.400. The minimum atomic E-state index is -2.15. The van der Waals surface area contributed by atoms with E-state index in [-0.39, 0.29) is 0 Å². The van der Waals surface area contributed by atoms with Crippen LogP contribution in [0.3, 0.4) is 0 Å². The van der Waals surface area contributed by atoms with Crippen LogP contribution in [0.25, 0.3) is 0 Å². The average molecular weight is 198 g/mol. The Balaban J connectivity index is 2.82. The minimum absolute atomic E-state index is 0.522. The van der Waals surface area contributed by atoms with Crippen LogP contribution in [-0.4, -0.2) is 27.9 Å². The fourth-order valence-electron chi connectivity index (χ4n) is 0.421. The van der Waals surface area contributed by atoms with Gasteiger partial charge in [-0.3, -0.25) is 0 Å². The van der Waals surface area contributed by atoms with Crippen molar-refractivity contribution in [1.82, 2.24) is 0 Å². The molecule has 0 bridgehead atoms. The Hall–Kier alpha value is 0.748. The van der Waals surface area contributed by atoms with Crippen molar-refractivity contribution in [1.29, 1.82) is 0 Å². The predicted octanol–water partition coefficient (Wildman–Crippen LogP) is 0.285. The first-order valence-electron chi connectivity index (χ1n) is 2.69. The fraction of sp³-hybridized carbons (Fsp3) is 1.00. The Bertz CT molecular complexity index is 76.4. The Kier molecular flexibility index (Phi) is 6.43. The van der Waals surface area contributed by atoms with Crippen LogP contribution in [0.4, 0.5) is 0 Å². The molecule has 0 spiro atoms. The number of unbranched alkanes of at least 4 members (excludes halogenated alkanes) is 1. The Morgan fingerprint density at radius 1 is 1.50 bits per heavy atom. The van der Waals surface area contributed by atoms with Crippen LogP contribution in [-0.2, 0) is 4.57 Å². The second-order valence-corrected chi connectivity index (χ2v) is 4.14. The van der Waals surface area contributed by atoms with Gasteiger partial charge in [0.05, 0.1) is 0 Å². The Morgan fingerprint density at radius 3 is 2.50 bits per heavy atom. The van der Waals surface area contributed by atoms with Gasteiger partial charge in [0.15, 0.2) is 0 Å². The third-order valence-electron chi connectivity index (χ3n) is 0.845. The fourth-order valence-corrected chi connectivity index (χ4v) is 1.58. The molecule has 0 aliphatic heterocycles. The van der Waals surface area contributed by atoms with Gasteiger partial charge in [0.2, 0.25) is 0 Å². The molecule has 0 radical (unpaired) electrons. The normalized spacial score (nSPS) is 13.8. The summed E-state index contributed by atoms with van der Waals surface area (Å²) >= 11 is 1.69. The second kappa shape index (κ2) is 5.88. The summed E-state index contributed by atoms with van der Waals surface area (Å²) in [5, 5.41) is 1.18. The molecular weight excluding hydrogens is 186 g/mol. The van der Waals surface area contributed by atoms with Gasteiger partial charge in [0.1, 0.15) is 0 Å². The zero-order valence-electron chi connectivity index (χ0n) is 4.76. The van der Waals surface area contributed by atoms with Crippen LogP contribution in [0.1, 0.15) is 12.8 Å². The van der Waals surface area contributed by atoms with Gasteiger partial charge in [-0.05, 0) is 0 Å². The molecule has 0 aliphatic rings. The van der Waals surface area contributed by atoms with E-state index in [2.05, 4.69) is 0 Å². The van der Waals surface area contributed by atoms with E-state index in [9.17, 15) is 4.57 Å². The number of hydrogen-bond donors (Lipinski definition) is 1. The van der Waals surface area contributed by atoms with Crippen molar-refractivity contribution in [3.05, 3.63) is 0 Å². The van der Waals surface area contributed by atoms with Crippen molar-refractivity contribution in [3.63, 3.8) is 0 Å². The van der Waals surface area contributed by atoms with E-state index in [0.29, 0.717) is 6.16 Å². The van der Waals surface area contributed by atoms with Crippen molar-refractivity contribution >= 4 is 24.9 Å². The van der Waals surface area contributed by atoms with Gasteiger partial charge in [0.25, 0.3) is 0 Å². The van der Waals surface area contributed by atoms with Crippen molar-refractivity contribution in [2.45, 2.75) is 18.1 Å². The summed E-state index contributed by atoms with van der Waals surface area (Å²) in [4.78, 5) is 8.33. The molecule has 0 fully saturated rings. The Labute approximate surface area is 59.0 Å². The van der Waals surface area contributed by atoms with Crippen molar-refractivity contribution < 1.29 is 9.46 Å². The SMILES string of the molecule is O=[PH](O)CCCC[AsH2]. The standard InChI is InChI=1S/C4H12AsO2P/c5-3-1-2-4-8(6)7/h8H,1-5H2,(H,6,7). The molecule has 0 aromatic rings. The van der Waals surface area contributed by atoms with Crippen LogP contribution in [0.2, 0.25) is 5.21 Å². The topological polar surface area (TPSA) is 37.3 Å². The third kappa shape index (κ3) is 6.75. The molecule has 2 unspecified atom stereocenters. The van der Waals surface area contributed by atoms with E-state index >= 15 is 0 Å². The summed E-state index contributed by atoms with van der Waals surface area (Å²) in [7, 11) is -2.15. The van der Waals surface area contributed by atoms with Gasteiger partial charge >= 0.3 is 58.6 Å². The van der Waals surface area contributed by atoms with Crippen LogP contribution >= 0.6 is 8.03 Å². The molecule has 2 atom stereocenters. The molecule has 4 heteroatoms. The number of hydrogen-bond acceptors (Lipinski definition) is 1.